The second-order valence-electron chi connectivity index (χ2n) is 6.15. The quantitative estimate of drug-likeness (QED) is 0.656. The van der Waals surface area contributed by atoms with Gasteiger partial charge in [-0.05, 0) is 23.0 Å². The van der Waals surface area contributed by atoms with Crippen LogP contribution >= 0.6 is 0 Å². The molecule has 1 aromatic carbocycles. The number of hydrogen-bond acceptors (Lipinski definition) is 3. The van der Waals surface area contributed by atoms with Gasteiger partial charge in [0.1, 0.15) is 0 Å². The maximum absolute atomic E-state index is 12.1. The zero-order valence-corrected chi connectivity index (χ0v) is 11.6. The van der Waals surface area contributed by atoms with Gasteiger partial charge < -0.3 is 5.32 Å². The summed E-state index contributed by atoms with van der Waals surface area (Å²) in [7, 11) is 0. The minimum Gasteiger partial charge on any atom is -0.325 e. The third kappa shape index (κ3) is 2.32. The lowest BCUT2D eigenvalue weighted by atomic mass is 9.72. The number of carbonyl (C=O) groups is 1. The SMILES string of the molecule is CC(C1C(=O)Nc2ccc([N+](=O)[O-])cc21)C(C)(C)C. The Bertz CT molecular complexity index is 546. The van der Waals surface area contributed by atoms with E-state index in [-0.39, 0.29) is 28.8 Å². The molecule has 2 atom stereocenters. The summed E-state index contributed by atoms with van der Waals surface area (Å²) in [6.07, 6.45) is 0. The number of nitro groups is 1. The van der Waals surface area contributed by atoms with Crippen LogP contribution < -0.4 is 5.32 Å². The maximum atomic E-state index is 12.1. The van der Waals surface area contributed by atoms with E-state index in [4.69, 9.17) is 0 Å². The van der Waals surface area contributed by atoms with Gasteiger partial charge in [0.15, 0.2) is 0 Å². The smallest absolute Gasteiger partial charge is 0.269 e. The Morgan fingerprint density at radius 2 is 2.00 bits per heavy atom. The third-order valence-electron chi connectivity index (χ3n) is 3.99. The van der Waals surface area contributed by atoms with Gasteiger partial charge in [-0.15, -0.1) is 0 Å². The minimum absolute atomic E-state index is 0.0290. The summed E-state index contributed by atoms with van der Waals surface area (Å²) < 4.78 is 0. The van der Waals surface area contributed by atoms with E-state index in [9.17, 15) is 14.9 Å². The molecule has 0 saturated carbocycles. The fourth-order valence-corrected chi connectivity index (χ4v) is 2.38. The van der Waals surface area contributed by atoms with Crippen LogP contribution in [0.15, 0.2) is 18.2 Å². The minimum atomic E-state index is -0.429. The molecule has 1 N–H and O–H groups in total. The van der Waals surface area contributed by atoms with Gasteiger partial charge >= 0.3 is 0 Å². The number of carbonyl (C=O) groups excluding carboxylic acids is 1. The van der Waals surface area contributed by atoms with E-state index < -0.39 is 4.92 Å². The van der Waals surface area contributed by atoms with Crippen molar-refractivity contribution in [2.24, 2.45) is 11.3 Å². The topological polar surface area (TPSA) is 72.2 Å². The Labute approximate surface area is 112 Å². The number of benzene rings is 1. The van der Waals surface area contributed by atoms with Gasteiger partial charge in [0.25, 0.3) is 5.69 Å². The Kier molecular flexibility index (Phi) is 3.08. The molecule has 2 unspecified atom stereocenters. The van der Waals surface area contributed by atoms with Crippen molar-refractivity contribution in [3.05, 3.63) is 33.9 Å². The normalized spacial score (nSPS) is 19.8. The molecule has 2 rings (SSSR count). The Balaban J connectivity index is 2.48. The number of non-ortho nitro benzene ring substituents is 1. The van der Waals surface area contributed by atoms with Crippen molar-refractivity contribution in [1.82, 2.24) is 0 Å². The van der Waals surface area contributed by atoms with E-state index in [1.165, 1.54) is 12.1 Å². The van der Waals surface area contributed by atoms with E-state index in [0.29, 0.717) is 5.69 Å². The highest BCUT2D eigenvalue weighted by molar-refractivity contribution is 6.03. The van der Waals surface area contributed by atoms with Crippen LogP contribution in [0.3, 0.4) is 0 Å². The number of hydrogen-bond donors (Lipinski definition) is 1. The van der Waals surface area contributed by atoms with E-state index >= 15 is 0 Å². The molecule has 0 spiro atoms. The summed E-state index contributed by atoms with van der Waals surface area (Å²) in [6, 6.07) is 4.55. The van der Waals surface area contributed by atoms with Crippen LogP contribution in [0.4, 0.5) is 11.4 Å². The lowest BCUT2D eigenvalue weighted by molar-refractivity contribution is -0.384. The molecule has 0 radical (unpaired) electrons. The molecule has 0 aromatic heterocycles. The summed E-state index contributed by atoms with van der Waals surface area (Å²) in [5.74, 6) is -0.302. The number of nitrogens with one attached hydrogen (secondary N) is 1. The summed E-state index contributed by atoms with van der Waals surface area (Å²) in [5.41, 5.74) is 1.41. The van der Waals surface area contributed by atoms with Crippen molar-refractivity contribution in [1.29, 1.82) is 0 Å². The summed E-state index contributed by atoms with van der Waals surface area (Å²) >= 11 is 0. The summed E-state index contributed by atoms with van der Waals surface area (Å²) in [6.45, 7) is 8.22. The standard InChI is InChI=1S/C14H18N2O3/c1-8(14(2,3)4)12-10-7-9(16(18)19)5-6-11(10)15-13(12)17/h5-8,12H,1-4H3,(H,15,17). The molecule has 0 saturated heterocycles. The lowest BCUT2D eigenvalue weighted by Crippen LogP contribution is -2.28. The number of nitrogens with zero attached hydrogens (tertiary/aromatic N) is 1. The largest absolute Gasteiger partial charge is 0.325 e. The highest BCUT2D eigenvalue weighted by Gasteiger charge is 2.40. The Morgan fingerprint density at radius 3 is 2.53 bits per heavy atom. The van der Waals surface area contributed by atoms with Crippen molar-refractivity contribution in [3.63, 3.8) is 0 Å². The van der Waals surface area contributed by atoms with Gasteiger partial charge in [-0.1, -0.05) is 27.7 Å². The van der Waals surface area contributed by atoms with Crippen molar-refractivity contribution in [2.45, 2.75) is 33.6 Å². The molecule has 1 aliphatic rings. The fraction of sp³-hybridized carbons (Fsp3) is 0.500. The van der Waals surface area contributed by atoms with Crippen LogP contribution in [-0.2, 0) is 4.79 Å². The lowest BCUT2D eigenvalue weighted by Gasteiger charge is -2.31. The van der Waals surface area contributed by atoms with Crippen LogP contribution in [-0.4, -0.2) is 10.8 Å². The molecule has 1 amide bonds. The number of amides is 1. The Hall–Kier alpha value is -1.91. The van der Waals surface area contributed by atoms with E-state index in [2.05, 4.69) is 26.1 Å². The first-order chi connectivity index (χ1) is 8.71. The monoisotopic (exact) mass is 262 g/mol. The van der Waals surface area contributed by atoms with Crippen molar-refractivity contribution >= 4 is 17.3 Å². The number of anilines is 1. The predicted octanol–water partition coefficient (Wildman–Crippen LogP) is 3.31. The first kappa shape index (κ1) is 13.5. The number of rotatable bonds is 2. The molecular formula is C14H18N2O3. The number of fused-ring (bicyclic) bond motifs is 1. The second kappa shape index (κ2) is 4.33. The molecule has 1 aromatic rings. The van der Waals surface area contributed by atoms with Gasteiger partial charge in [-0.2, -0.15) is 0 Å². The number of nitro benzene ring substituents is 1. The van der Waals surface area contributed by atoms with Gasteiger partial charge in [0.2, 0.25) is 5.91 Å². The highest BCUT2D eigenvalue weighted by Crippen LogP contribution is 2.45. The average Bonchev–Trinajstić information content (AvgIpc) is 2.61. The van der Waals surface area contributed by atoms with Crippen LogP contribution in [0.5, 0.6) is 0 Å². The van der Waals surface area contributed by atoms with Gasteiger partial charge in [0.05, 0.1) is 10.8 Å². The molecule has 102 valence electrons. The van der Waals surface area contributed by atoms with Gasteiger partial charge in [0, 0.05) is 17.8 Å². The first-order valence-corrected chi connectivity index (χ1v) is 6.31. The molecule has 5 heteroatoms. The second-order valence-corrected chi connectivity index (χ2v) is 6.15. The van der Waals surface area contributed by atoms with Gasteiger partial charge in [-0.3, -0.25) is 14.9 Å². The van der Waals surface area contributed by atoms with Crippen LogP contribution in [0.2, 0.25) is 0 Å². The van der Waals surface area contributed by atoms with Crippen molar-refractivity contribution in [2.75, 3.05) is 5.32 Å². The molecule has 19 heavy (non-hydrogen) atoms. The average molecular weight is 262 g/mol. The van der Waals surface area contributed by atoms with Gasteiger partial charge in [-0.25, -0.2) is 0 Å². The molecule has 1 aliphatic heterocycles. The molecule has 0 aliphatic carbocycles. The Morgan fingerprint density at radius 1 is 1.37 bits per heavy atom. The van der Waals surface area contributed by atoms with E-state index in [1.807, 2.05) is 6.92 Å². The van der Waals surface area contributed by atoms with E-state index in [0.717, 1.165) is 5.56 Å². The van der Waals surface area contributed by atoms with E-state index in [1.54, 1.807) is 6.07 Å². The van der Waals surface area contributed by atoms with Crippen LogP contribution in [0.1, 0.15) is 39.2 Å². The molecule has 5 nitrogen and oxygen atoms in total. The summed E-state index contributed by atoms with van der Waals surface area (Å²) in [4.78, 5) is 22.5. The maximum Gasteiger partial charge on any atom is 0.269 e. The molecule has 0 fully saturated rings. The zero-order valence-electron chi connectivity index (χ0n) is 11.6. The predicted molar refractivity (Wildman–Crippen MR) is 73.1 cm³/mol. The zero-order chi connectivity index (χ0) is 14.4. The molecule has 0 bridgehead atoms. The third-order valence-corrected chi connectivity index (χ3v) is 3.99. The van der Waals surface area contributed by atoms with Crippen molar-refractivity contribution in [3.8, 4) is 0 Å². The van der Waals surface area contributed by atoms with Crippen molar-refractivity contribution < 1.29 is 9.72 Å². The highest BCUT2D eigenvalue weighted by atomic mass is 16.6. The molecule has 1 heterocycles. The molecular weight excluding hydrogens is 244 g/mol. The van der Waals surface area contributed by atoms with Crippen LogP contribution in [0.25, 0.3) is 0 Å². The fourth-order valence-electron chi connectivity index (χ4n) is 2.38. The van der Waals surface area contributed by atoms with Crippen LogP contribution in [0, 0.1) is 21.4 Å². The summed E-state index contributed by atoms with van der Waals surface area (Å²) in [5, 5.41) is 13.7. The first-order valence-electron chi connectivity index (χ1n) is 6.31.